The quantitative estimate of drug-likeness (QED) is 0.758. The van der Waals surface area contributed by atoms with Crippen LogP contribution < -0.4 is 0 Å². The second-order valence-electron chi connectivity index (χ2n) is 8.33. The predicted octanol–water partition coefficient (Wildman–Crippen LogP) is 4.37. The Morgan fingerprint density at radius 2 is 1.33 bits per heavy atom. The fourth-order valence-corrected chi connectivity index (χ4v) is 4.74. The summed E-state index contributed by atoms with van der Waals surface area (Å²) in [5.41, 5.74) is 1.70. The van der Waals surface area contributed by atoms with Crippen LogP contribution in [0.25, 0.3) is 0 Å². The van der Waals surface area contributed by atoms with Gasteiger partial charge in [0, 0.05) is 26.2 Å². The van der Waals surface area contributed by atoms with Crippen molar-refractivity contribution in [3.63, 3.8) is 0 Å². The molecule has 1 saturated heterocycles. The molecule has 1 aliphatic heterocycles. The molecule has 158 valence electrons. The van der Waals surface area contributed by atoms with Crippen molar-refractivity contribution < 1.29 is 14.3 Å². The molecule has 1 saturated carbocycles. The largest absolute Gasteiger partial charge is 0.445 e. The van der Waals surface area contributed by atoms with E-state index in [4.69, 9.17) is 4.74 Å². The Morgan fingerprint density at radius 3 is 1.97 bits per heavy atom. The first-order chi connectivity index (χ1) is 14.7. The maximum Gasteiger partial charge on any atom is 0.410 e. The van der Waals surface area contributed by atoms with E-state index in [9.17, 15) is 9.59 Å². The minimum Gasteiger partial charge on any atom is -0.445 e. The molecule has 2 amide bonds. The van der Waals surface area contributed by atoms with Crippen molar-refractivity contribution >= 4 is 12.0 Å². The van der Waals surface area contributed by atoms with E-state index in [1.54, 1.807) is 4.90 Å². The van der Waals surface area contributed by atoms with Crippen molar-refractivity contribution in [2.75, 3.05) is 26.2 Å². The third-order valence-electron chi connectivity index (χ3n) is 6.47. The van der Waals surface area contributed by atoms with Crippen LogP contribution in [0.5, 0.6) is 0 Å². The van der Waals surface area contributed by atoms with Gasteiger partial charge in [-0.1, -0.05) is 79.9 Å². The molecular weight excluding hydrogens is 376 g/mol. The van der Waals surface area contributed by atoms with Gasteiger partial charge in [0.1, 0.15) is 6.61 Å². The first kappa shape index (κ1) is 20.5. The lowest BCUT2D eigenvalue weighted by atomic mass is 9.68. The highest BCUT2D eigenvalue weighted by atomic mass is 16.6. The van der Waals surface area contributed by atoms with Gasteiger partial charge in [-0.05, 0) is 24.0 Å². The van der Waals surface area contributed by atoms with Crippen LogP contribution in [0.15, 0.2) is 60.7 Å². The summed E-state index contributed by atoms with van der Waals surface area (Å²) in [6.07, 6.45) is 4.90. The van der Waals surface area contributed by atoms with E-state index < -0.39 is 5.41 Å². The second-order valence-corrected chi connectivity index (χ2v) is 8.33. The molecule has 2 fully saturated rings. The number of hydrogen-bond donors (Lipinski definition) is 0. The maximum atomic E-state index is 13.7. The summed E-state index contributed by atoms with van der Waals surface area (Å²) in [5, 5.41) is 0. The fourth-order valence-electron chi connectivity index (χ4n) is 4.74. The van der Waals surface area contributed by atoms with Gasteiger partial charge in [-0.2, -0.15) is 0 Å². The highest BCUT2D eigenvalue weighted by Gasteiger charge is 2.44. The molecule has 5 nitrogen and oxygen atoms in total. The highest BCUT2D eigenvalue weighted by Crippen LogP contribution is 2.41. The Hall–Kier alpha value is -2.82. The first-order valence-electron chi connectivity index (χ1n) is 11.0. The molecule has 2 aromatic carbocycles. The number of rotatable bonds is 4. The number of amides is 2. The zero-order valence-corrected chi connectivity index (χ0v) is 17.5. The number of ether oxygens (including phenoxy) is 1. The Labute approximate surface area is 178 Å². The summed E-state index contributed by atoms with van der Waals surface area (Å²) in [4.78, 5) is 29.8. The Morgan fingerprint density at radius 1 is 0.767 bits per heavy atom. The van der Waals surface area contributed by atoms with Crippen molar-refractivity contribution in [3.8, 4) is 0 Å². The first-order valence-corrected chi connectivity index (χ1v) is 11.0. The Bertz CT molecular complexity index is 839. The van der Waals surface area contributed by atoms with Gasteiger partial charge in [-0.15, -0.1) is 0 Å². The van der Waals surface area contributed by atoms with E-state index in [0.717, 1.165) is 36.8 Å². The van der Waals surface area contributed by atoms with E-state index in [2.05, 4.69) is 12.1 Å². The zero-order valence-electron chi connectivity index (χ0n) is 17.5. The number of hydrogen-bond acceptors (Lipinski definition) is 3. The molecule has 4 rings (SSSR count). The maximum absolute atomic E-state index is 13.7. The van der Waals surface area contributed by atoms with Gasteiger partial charge >= 0.3 is 6.09 Å². The van der Waals surface area contributed by atoms with Crippen LogP contribution in [0.1, 0.15) is 43.2 Å². The molecule has 1 aliphatic carbocycles. The van der Waals surface area contributed by atoms with Gasteiger partial charge < -0.3 is 14.5 Å². The van der Waals surface area contributed by atoms with E-state index in [1.807, 2.05) is 53.4 Å². The van der Waals surface area contributed by atoms with Crippen LogP contribution in [0, 0.1) is 0 Å². The number of benzene rings is 2. The molecule has 0 spiro atoms. The summed E-state index contributed by atoms with van der Waals surface area (Å²) in [7, 11) is 0. The molecule has 0 unspecified atom stereocenters. The van der Waals surface area contributed by atoms with Gasteiger partial charge in [0.05, 0.1) is 5.41 Å². The van der Waals surface area contributed by atoms with Crippen LogP contribution in [0.3, 0.4) is 0 Å². The molecule has 0 aromatic heterocycles. The fraction of sp³-hybridized carbons (Fsp3) is 0.440. The molecule has 1 heterocycles. The SMILES string of the molecule is O=C(OCc1ccccc1)N1CCN(C(=O)C2(c3ccccc3)CCCCC2)CC1. The molecular formula is C25H30N2O3. The van der Waals surface area contributed by atoms with Crippen LogP contribution >= 0.6 is 0 Å². The molecule has 0 bridgehead atoms. The third-order valence-corrected chi connectivity index (χ3v) is 6.47. The zero-order chi connectivity index (χ0) is 20.8. The van der Waals surface area contributed by atoms with Gasteiger partial charge in [-0.25, -0.2) is 4.79 Å². The smallest absolute Gasteiger partial charge is 0.410 e. The predicted molar refractivity (Wildman–Crippen MR) is 116 cm³/mol. The average molecular weight is 407 g/mol. The van der Waals surface area contributed by atoms with E-state index >= 15 is 0 Å². The van der Waals surface area contributed by atoms with Gasteiger partial charge in [0.25, 0.3) is 0 Å². The van der Waals surface area contributed by atoms with Crippen molar-refractivity contribution in [3.05, 3.63) is 71.8 Å². The lowest BCUT2D eigenvalue weighted by molar-refractivity contribution is -0.140. The Kier molecular flexibility index (Phi) is 6.36. The number of carbonyl (C=O) groups excluding carboxylic acids is 2. The normalized spacial score (nSPS) is 18.7. The van der Waals surface area contributed by atoms with Crippen LogP contribution in [-0.2, 0) is 21.6 Å². The lowest BCUT2D eigenvalue weighted by Crippen LogP contribution is -2.56. The van der Waals surface area contributed by atoms with E-state index in [-0.39, 0.29) is 18.6 Å². The van der Waals surface area contributed by atoms with Crippen LogP contribution in [0.2, 0.25) is 0 Å². The third kappa shape index (κ3) is 4.35. The monoisotopic (exact) mass is 406 g/mol. The number of carbonyl (C=O) groups is 2. The van der Waals surface area contributed by atoms with Gasteiger partial charge in [0.15, 0.2) is 0 Å². The van der Waals surface area contributed by atoms with Crippen molar-refractivity contribution in [1.82, 2.24) is 9.80 Å². The van der Waals surface area contributed by atoms with Gasteiger partial charge in [-0.3, -0.25) is 4.79 Å². The van der Waals surface area contributed by atoms with Crippen LogP contribution in [0.4, 0.5) is 4.79 Å². The number of nitrogens with zero attached hydrogens (tertiary/aromatic N) is 2. The highest BCUT2D eigenvalue weighted by molar-refractivity contribution is 5.88. The molecule has 2 aliphatic rings. The number of piperazine rings is 1. The minimum absolute atomic E-state index is 0.228. The summed E-state index contributed by atoms with van der Waals surface area (Å²) >= 11 is 0. The van der Waals surface area contributed by atoms with Crippen molar-refractivity contribution in [1.29, 1.82) is 0 Å². The second kappa shape index (κ2) is 9.33. The van der Waals surface area contributed by atoms with E-state index in [1.165, 1.54) is 6.42 Å². The molecule has 0 radical (unpaired) electrons. The standard InChI is InChI=1S/C25H30N2O3/c28-23(25(14-8-3-9-15-25)22-12-6-2-7-13-22)26-16-18-27(19-17-26)24(29)30-20-21-10-4-1-5-11-21/h1-2,4-7,10-13H,3,8-9,14-20H2. The lowest BCUT2D eigenvalue weighted by Gasteiger charge is -2.43. The molecule has 0 atom stereocenters. The minimum atomic E-state index is -0.407. The molecule has 30 heavy (non-hydrogen) atoms. The summed E-state index contributed by atoms with van der Waals surface area (Å²) in [6, 6.07) is 19.9. The van der Waals surface area contributed by atoms with Crippen molar-refractivity contribution in [2.24, 2.45) is 0 Å². The van der Waals surface area contributed by atoms with Gasteiger partial charge in [0.2, 0.25) is 5.91 Å². The molecule has 0 N–H and O–H groups in total. The van der Waals surface area contributed by atoms with E-state index in [0.29, 0.717) is 26.2 Å². The molecule has 2 aromatic rings. The average Bonchev–Trinajstić information content (AvgIpc) is 2.84. The van der Waals surface area contributed by atoms with Crippen LogP contribution in [-0.4, -0.2) is 48.0 Å². The topological polar surface area (TPSA) is 49.9 Å². The Balaban J connectivity index is 1.36. The summed E-state index contributed by atoms with van der Waals surface area (Å²) in [5.74, 6) is 0.228. The molecule has 5 heteroatoms. The summed E-state index contributed by atoms with van der Waals surface area (Å²) < 4.78 is 5.45. The summed E-state index contributed by atoms with van der Waals surface area (Å²) in [6.45, 7) is 2.44. The van der Waals surface area contributed by atoms with Crippen molar-refractivity contribution in [2.45, 2.75) is 44.1 Å².